The van der Waals surface area contributed by atoms with Gasteiger partial charge in [0.25, 0.3) is 0 Å². The molecule has 0 atom stereocenters. The fraction of sp³-hybridized carbons (Fsp3) is 0.875. The Hall–Kier alpha value is -1.03. The average molecular weight is 398 g/mol. The van der Waals surface area contributed by atoms with E-state index in [4.69, 9.17) is 9.47 Å². The zero-order chi connectivity index (χ0) is 21.6. The van der Waals surface area contributed by atoms with E-state index in [-0.39, 0.29) is 11.4 Å². The lowest BCUT2D eigenvalue weighted by Gasteiger charge is -2.30. The summed E-state index contributed by atoms with van der Waals surface area (Å²) in [5.41, 5.74) is 0.286. The van der Waals surface area contributed by atoms with Gasteiger partial charge in [-0.25, -0.2) is 0 Å². The van der Waals surface area contributed by atoms with Gasteiger partial charge in [-0.2, -0.15) is 0 Å². The fourth-order valence-electron chi connectivity index (χ4n) is 2.97. The van der Waals surface area contributed by atoms with Crippen LogP contribution in [-0.4, -0.2) is 43.7 Å². The van der Waals surface area contributed by atoms with E-state index in [1.165, 1.54) is 19.3 Å². The smallest absolute Gasteiger partial charge is 0.306 e. The van der Waals surface area contributed by atoms with Gasteiger partial charge in [-0.3, -0.25) is 4.79 Å². The van der Waals surface area contributed by atoms with Crippen LogP contribution < -0.4 is 0 Å². The SMILES string of the molecule is C=C(CCN(CCCCC)CC(C)(C)C)OCCCCOC(=O)CC(C)(C)C. The highest BCUT2D eigenvalue weighted by atomic mass is 16.5. The molecule has 0 unspecified atom stereocenters. The molecule has 0 N–H and O–H groups in total. The fourth-order valence-corrected chi connectivity index (χ4v) is 2.97. The molecule has 0 fully saturated rings. The summed E-state index contributed by atoms with van der Waals surface area (Å²) in [6.45, 7) is 23.7. The zero-order valence-corrected chi connectivity index (χ0v) is 19.9. The van der Waals surface area contributed by atoms with E-state index in [0.717, 1.165) is 44.7 Å². The molecule has 0 spiro atoms. The number of unbranched alkanes of at least 4 members (excludes halogenated alkanes) is 3. The lowest BCUT2D eigenvalue weighted by Crippen LogP contribution is -2.34. The first-order valence-corrected chi connectivity index (χ1v) is 11.1. The molecule has 0 aliphatic rings. The van der Waals surface area contributed by atoms with Crippen LogP contribution >= 0.6 is 0 Å². The molecule has 0 amide bonds. The molecule has 0 aromatic rings. The second kappa shape index (κ2) is 14.0. The molecule has 4 heteroatoms. The zero-order valence-electron chi connectivity index (χ0n) is 19.9. The molecule has 0 aliphatic carbocycles. The highest BCUT2D eigenvalue weighted by molar-refractivity contribution is 5.70. The third-order valence-corrected chi connectivity index (χ3v) is 4.27. The van der Waals surface area contributed by atoms with Gasteiger partial charge in [0, 0.05) is 19.5 Å². The highest BCUT2D eigenvalue weighted by Crippen LogP contribution is 2.19. The van der Waals surface area contributed by atoms with Crippen LogP contribution in [0.3, 0.4) is 0 Å². The molecule has 0 aliphatic heterocycles. The molecule has 0 aromatic carbocycles. The first-order chi connectivity index (χ1) is 12.9. The van der Waals surface area contributed by atoms with E-state index in [1.807, 2.05) is 20.8 Å². The van der Waals surface area contributed by atoms with E-state index >= 15 is 0 Å². The summed E-state index contributed by atoms with van der Waals surface area (Å²) < 4.78 is 11.0. The average Bonchev–Trinajstić information content (AvgIpc) is 2.53. The summed E-state index contributed by atoms with van der Waals surface area (Å²) in [7, 11) is 0. The molecular formula is C24H47NO3. The molecule has 0 bridgehead atoms. The van der Waals surface area contributed by atoms with Crippen molar-refractivity contribution in [3.05, 3.63) is 12.3 Å². The van der Waals surface area contributed by atoms with Crippen molar-refractivity contribution >= 4 is 5.97 Å². The van der Waals surface area contributed by atoms with E-state index in [1.54, 1.807) is 0 Å². The second-order valence-electron chi connectivity index (χ2n) is 10.3. The van der Waals surface area contributed by atoms with Crippen molar-refractivity contribution in [1.29, 1.82) is 0 Å². The van der Waals surface area contributed by atoms with Crippen molar-refractivity contribution in [1.82, 2.24) is 4.90 Å². The largest absolute Gasteiger partial charge is 0.499 e. The molecular weight excluding hydrogens is 350 g/mol. The minimum atomic E-state index is -0.111. The number of carbonyl (C=O) groups is 1. The van der Waals surface area contributed by atoms with Gasteiger partial charge in [-0.15, -0.1) is 0 Å². The van der Waals surface area contributed by atoms with Crippen molar-refractivity contribution in [2.75, 3.05) is 32.8 Å². The number of ether oxygens (including phenoxy) is 2. The molecule has 0 aromatic heterocycles. The third kappa shape index (κ3) is 18.3. The number of esters is 1. The van der Waals surface area contributed by atoms with Gasteiger partial charge in [-0.1, -0.05) is 67.9 Å². The molecule has 4 nitrogen and oxygen atoms in total. The molecule has 166 valence electrons. The molecule has 0 radical (unpaired) electrons. The van der Waals surface area contributed by atoms with Gasteiger partial charge in [-0.05, 0) is 36.6 Å². The number of carbonyl (C=O) groups excluding carboxylic acids is 1. The first kappa shape index (κ1) is 27.0. The maximum atomic E-state index is 11.7. The van der Waals surface area contributed by atoms with Crippen LogP contribution in [0, 0.1) is 10.8 Å². The summed E-state index contributed by atoms with van der Waals surface area (Å²) in [6, 6.07) is 0. The van der Waals surface area contributed by atoms with E-state index in [2.05, 4.69) is 39.2 Å². The Labute approximate surface area is 175 Å². The molecule has 0 saturated carbocycles. The number of nitrogens with zero attached hydrogens (tertiary/aromatic N) is 1. The maximum Gasteiger partial charge on any atom is 0.306 e. The van der Waals surface area contributed by atoms with Crippen molar-refractivity contribution < 1.29 is 14.3 Å². The predicted octanol–water partition coefficient (Wildman–Crippen LogP) is 6.20. The Morgan fingerprint density at radius 2 is 1.46 bits per heavy atom. The molecule has 28 heavy (non-hydrogen) atoms. The van der Waals surface area contributed by atoms with Crippen LogP contribution in [0.15, 0.2) is 12.3 Å². The van der Waals surface area contributed by atoms with E-state index in [9.17, 15) is 4.79 Å². The van der Waals surface area contributed by atoms with Crippen molar-refractivity contribution in [2.45, 2.75) is 93.4 Å². The normalized spacial score (nSPS) is 12.3. The van der Waals surface area contributed by atoms with Crippen LogP contribution in [-0.2, 0) is 14.3 Å². The Morgan fingerprint density at radius 1 is 0.857 bits per heavy atom. The minimum absolute atomic E-state index is 0.0185. The van der Waals surface area contributed by atoms with Crippen molar-refractivity contribution in [3.8, 4) is 0 Å². The third-order valence-electron chi connectivity index (χ3n) is 4.27. The molecule has 0 heterocycles. The number of hydrogen-bond acceptors (Lipinski definition) is 4. The number of hydrogen-bond donors (Lipinski definition) is 0. The second-order valence-corrected chi connectivity index (χ2v) is 10.3. The van der Waals surface area contributed by atoms with Crippen molar-refractivity contribution in [2.24, 2.45) is 10.8 Å². The van der Waals surface area contributed by atoms with Crippen LogP contribution in [0.25, 0.3) is 0 Å². The van der Waals surface area contributed by atoms with Crippen LogP contribution in [0.4, 0.5) is 0 Å². The van der Waals surface area contributed by atoms with Gasteiger partial charge in [0.15, 0.2) is 0 Å². The predicted molar refractivity (Wildman–Crippen MR) is 119 cm³/mol. The Bertz CT molecular complexity index is 432. The first-order valence-electron chi connectivity index (χ1n) is 11.1. The van der Waals surface area contributed by atoms with Crippen molar-refractivity contribution in [3.63, 3.8) is 0 Å². The van der Waals surface area contributed by atoms with Crippen LogP contribution in [0.1, 0.15) is 93.4 Å². The lowest BCUT2D eigenvalue weighted by molar-refractivity contribution is -0.145. The van der Waals surface area contributed by atoms with E-state index in [0.29, 0.717) is 25.0 Å². The van der Waals surface area contributed by atoms with Gasteiger partial charge >= 0.3 is 5.97 Å². The van der Waals surface area contributed by atoms with Gasteiger partial charge in [0.2, 0.25) is 0 Å². The molecule has 0 rings (SSSR count). The summed E-state index contributed by atoms with van der Waals surface area (Å²) in [6.07, 6.45) is 6.85. The monoisotopic (exact) mass is 397 g/mol. The quantitative estimate of drug-likeness (QED) is 0.187. The van der Waals surface area contributed by atoms with Gasteiger partial charge < -0.3 is 14.4 Å². The van der Waals surface area contributed by atoms with Crippen LogP contribution in [0.5, 0.6) is 0 Å². The standard InChI is InChI=1S/C24H47NO3/c1-9-10-11-15-25(20-24(6,7)8)16-14-21(2)27-17-12-13-18-28-22(26)19-23(3,4)5/h2,9-20H2,1,3-8H3. The summed E-state index contributed by atoms with van der Waals surface area (Å²) in [5, 5.41) is 0. The summed E-state index contributed by atoms with van der Waals surface area (Å²) >= 11 is 0. The van der Waals surface area contributed by atoms with Crippen LogP contribution in [0.2, 0.25) is 0 Å². The summed E-state index contributed by atoms with van der Waals surface area (Å²) in [5.74, 6) is 0.749. The summed E-state index contributed by atoms with van der Waals surface area (Å²) in [4.78, 5) is 14.2. The molecule has 0 saturated heterocycles. The highest BCUT2D eigenvalue weighted by Gasteiger charge is 2.17. The van der Waals surface area contributed by atoms with E-state index < -0.39 is 0 Å². The van der Waals surface area contributed by atoms with Gasteiger partial charge in [0.05, 0.1) is 25.4 Å². The maximum absolute atomic E-state index is 11.7. The Morgan fingerprint density at radius 3 is 2.00 bits per heavy atom. The minimum Gasteiger partial charge on any atom is -0.499 e. The van der Waals surface area contributed by atoms with Gasteiger partial charge in [0.1, 0.15) is 0 Å². The Balaban J connectivity index is 3.92. The topological polar surface area (TPSA) is 38.8 Å². The lowest BCUT2D eigenvalue weighted by atomic mass is 9.92. The number of rotatable bonds is 15. The Kier molecular flexibility index (Phi) is 13.5.